The second kappa shape index (κ2) is 5.46. The largest absolute Gasteiger partial charge is 0.453 e. The van der Waals surface area contributed by atoms with Crippen molar-refractivity contribution in [1.29, 1.82) is 0 Å². The van der Waals surface area contributed by atoms with Gasteiger partial charge in [-0.15, -0.1) is 11.3 Å². The Morgan fingerprint density at radius 3 is 2.44 bits per heavy atom. The van der Waals surface area contributed by atoms with Crippen LogP contribution >= 0.6 is 11.3 Å². The molecule has 4 nitrogen and oxygen atoms in total. The van der Waals surface area contributed by atoms with Gasteiger partial charge in [0.05, 0.1) is 12.0 Å². The molecule has 2 rings (SSSR count). The van der Waals surface area contributed by atoms with Gasteiger partial charge in [-0.05, 0) is 35.7 Å². The van der Waals surface area contributed by atoms with Crippen molar-refractivity contribution in [3.63, 3.8) is 0 Å². The van der Waals surface area contributed by atoms with Crippen molar-refractivity contribution in [2.24, 2.45) is 0 Å². The summed E-state index contributed by atoms with van der Waals surface area (Å²) in [6.45, 7) is 0. The minimum Gasteiger partial charge on any atom is -0.453 e. The van der Waals surface area contributed by atoms with E-state index in [1.54, 1.807) is 30.3 Å². The molecule has 0 bridgehead atoms. The van der Waals surface area contributed by atoms with Crippen LogP contribution < -0.4 is 5.32 Å². The Kier molecular flexibility index (Phi) is 3.74. The van der Waals surface area contributed by atoms with E-state index in [0.717, 1.165) is 0 Å². The number of ether oxygens (including phenoxy) is 1. The van der Waals surface area contributed by atoms with Crippen molar-refractivity contribution in [3.05, 3.63) is 52.2 Å². The van der Waals surface area contributed by atoms with Gasteiger partial charge in [-0.2, -0.15) is 0 Å². The molecule has 2 aromatic rings. The highest BCUT2D eigenvalue weighted by Gasteiger charge is 2.09. The lowest BCUT2D eigenvalue weighted by atomic mass is 10.1. The summed E-state index contributed by atoms with van der Waals surface area (Å²) in [6, 6.07) is 10.3. The van der Waals surface area contributed by atoms with Crippen LogP contribution in [0.1, 0.15) is 15.2 Å². The molecule has 1 amide bonds. The highest BCUT2D eigenvalue weighted by Crippen LogP contribution is 2.17. The molecule has 1 heterocycles. The van der Waals surface area contributed by atoms with Crippen molar-refractivity contribution in [3.8, 4) is 0 Å². The molecule has 0 unspecified atom stereocenters. The molecule has 0 aliphatic carbocycles. The summed E-state index contributed by atoms with van der Waals surface area (Å²) in [4.78, 5) is 23.7. The van der Waals surface area contributed by atoms with Gasteiger partial charge in [-0.25, -0.2) is 4.79 Å². The van der Waals surface area contributed by atoms with Crippen molar-refractivity contribution in [2.75, 3.05) is 12.4 Å². The fourth-order valence-electron chi connectivity index (χ4n) is 1.42. The number of amides is 1. The van der Waals surface area contributed by atoms with Crippen molar-refractivity contribution in [1.82, 2.24) is 0 Å². The second-order valence-corrected chi connectivity index (χ2v) is 4.45. The number of methoxy groups -OCH3 is 1. The van der Waals surface area contributed by atoms with E-state index in [0.29, 0.717) is 16.1 Å². The molecule has 1 N–H and O–H groups in total. The number of hydrogen-bond acceptors (Lipinski definition) is 4. The zero-order valence-corrected chi connectivity index (χ0v) is 10.5. The highest BCUT2D eigenvalue weighted by atomic mass is 32.1. The minimum atomic E-state index is -0.535. The average molecular weight is 261 g/mol. The maximum Gasteiger partial charge on any atom is 0.411 e. The molecule has 0 atom stereocenters. The molecule has 0 radical (unpaired) electrons. The number of anilines is 1. The van der Waals surface area contributed by atoms with E-state index in [4.69, 9.17) is 0 Å². The van der Waals surface area contributed by atoms with Gasteiger partial charge in [0.15, 0.2) is 0 Å². The van der Waals surface area contributed by atoms with E-state index in [9.17, 15) is 9.59 Å². The summed E-state index contributed by atoms with van der Waals surface area (Å²) in [7, 11) is 1.30. The second-order valence-electron chi connectivity index (χ2n) is 3.50. The van der Waals surface area contributed by atoms with Crippen LogP contribution in [-0.2, 0) is 4.74 Å². The standard InChI is InChI=1S/C13H11NO3S/c1-17-13(16)14-10-6-4-9(5-7-10)12(15)11-3-2-8-18-11/h2-8H,1H3,(H,14,16). The molecule has 5 heteroatoms. The molecule has 0 fully saturated rings. The van der Waals surface area contributed by atoms with E-state index in [1.807, 2.05) is 11.4 Å². The lowest BCUT2D eigenvalue weighted by molar-refractivity contribution is 0.104. The summed E-state index contributed by atoms with van der Waals surface area (Å²) in [6.07, 6.45) is -0.535. The number of benzene rings is 1. The first-order valence-corrected chi connectivity index (χ1v) is 6.12. The van der Waals surface area contributed by atoms with E-state index in [-0.39, 0.29) is 5.78 Å². The fourth-order valence-corrected chi connectivity index (χ4v) is 2.11. The Morgan fingerprint density at radius 2 is 1.89 bits per heavy atom. The summed E-state index contributed by atoms with van der Waals surface area (Å²) in [5.74, 6) is -0.0189. The van der Waals surface area contributed by atoms with Crippen LogP contribution in [-0.4, -0.2) is 19.0 Å². The normalized spacial score (nSPS) is 9.83. The van der Waals surface area contributed by atoms with Gasteiger partial charge in [-0.1, -0.05) is 6.07 Å². The zero-order valence-electron chi connectivity index (χ0n) is 9.67. The van der Waals surface area contributed by atoms with Crippen LogP contribution in [0, 0.1) is 0 Å². The third-order valence-electron chi connectivity index (χ3n) is 2.32. The van der Waals surface area contributed by atoms with Gasteiger partial charge < -0.3 is 4.74 Å². The number of hydrogen-bond donors (Lipinski definition) is 1. The van der Waals surface area contributed by atoms with Crippen LogP contribution in [0.3, 0.4) is 0 Å². The van der Waals surface area contributed by atoms with E-state index in [2.05, 4.69) is 10.1 Å². The molecular formula is C13H11NO3S. The summed E-state index contributed by atoms with van der Waals surface area (Å²) in [5, 5.41) is 4.38. The Balaban J connectivity index is 2.13. The first-order chi connectivity index (χ1) is 8.70. The smallest absolute Gasteiger partial charge is 0.411 e. The molecule has 0 saturated carbocycles. The fraction of sp³-hybridized carbons (Fsp3) is 0.0769. The molecule has 0 spiro atoms. The summed E-state index contributed by atoms with van der Waals surface area (Å²) in [5.41, 5.74) is 1.18. The zero-order chi connectivity index (χ0) is 13.0. The molecule has 92 valence electrons. The first kappa shape index (κ1) is 12.3. The van der Waals surface area contributed by atoms with Gasteiger partial charge >= 0.3 is 6.09 Å². The van der Waals surface area contributed by atoms with Crippen LogP contribution in [0.2, 0.25) is 0 Å². The predicted molar refractivity (Wildman–Crippen MR) is 70.2 cm³/mol. The minimum absolute atomic E-state index is 0.0189. The molecule has 0 saturated heterocycles. The van der Waals surface area contributed by atoms with Gasteiger partial charge in [-0.3, -0.25) is 10.1 Å². The Labute approximate surface area is 108 Å². The maximum atomic E-state index is 12.0. The van der Waals surface area contributed by atoms with Gasteiger partial charge in [0, 0.05) is 11.3 Å². The van der Waals surface area contributed by atoms with Crippen LogP contribution in [0.15, 0.2) is 41.8 Å². The molecule has 1 aromatic carbocycles. The number of rotatable bonds is 3. The number of carbonyl (C=O) groups excluding carboxylic acids is 2. The number of thiophene rings is 1. The van der Waals surface area contributed by atoms with Crippen molar-refractivity contribution in [2.45, 2.75) is 0 Å². The van der Waals surface area contributed by atoms with Gasteiger partial charge in [0.2, 0.25) is 5.78 Å². The SMILES string of the molecule is COC(=O)Nc1ccc(C(=O)c2cccs2)cc1. The Morgan fingerprint density at radius 1 is 1.17 bits per heavy atom. The number of ketones is 1. The van der Waals surface area contributed by atoms with E-state index >= 15 is 0 Å². The van der Waals surface area contributed by atoms with Crippen molar-refractivity contribution < 1.29 is 14.3 Å². The third kappa shape index (κ3) is 2.75. The highest BCUT2D eigenvalue weighted by molar-refractivity contribution is 7.12. The first-order valence-electron chi connectivity index (χ1n) is 5.24. The monoisotopic (exact) mass is 261 g/mol. The topological polar surface area (TPSA) is 55.4 Å². The Hall–Kier alpha value is -2.14. The summed E-state index contributed by atoms with van der Waals surface area (Å²) >= 11 is 1.41. The number of nitrogens with one attached hydrogen (secondary N) is 1. The van der Waals surface area contributed by atoms with Gasteiger partial charge in [0.25, 0.3) is 0 Å². The summed E-state index contributed by atoms with van der Waals surface area (Å²) < 4.78 is 4.48. The Bertz CT molecular complexity index is 546. The van der Waals surface area contributed by atoms with Gasteiger partial charge in [0.1, 0.15) is 0 Å². The third-order valence-corrected chi connectivity index (χ3v) is 3.19. The lowest BCUT2D eigenvalue weighted by Crippen LogP contribution is -2.11. The lowest BCUT2D eigenvalue weighted by Gasteiger charge is -2.04. The average Bonchev–Trinajstić information content (AvgIpc) is 2.92. The molecule has 1 aromatic heterocycles. The van der Waals surface area contributed by atoms with Crippen LogP contribution in [0.25, 0.3) is 0 Å². The molecule has 0 aliphatic rings. The molecule has 0 aliphatic heterocycles. The maximum absolute atomic E-state index is 12.0. The van der Waals surface area contributed by atoms with Crippen LogP contribution in [0.5, 0.6) is 0 Å². The van der Waals surface area contributed by atoms with E-state index in [1.165, 1.54) is 18.4 Å². The van der Waals surface area contributed by atoms with E-state index < -0.39 is 6.09 Å². The van der Waals surface area contributed by atoms with Crippen LogP contribution in [0.4, 0.5) is 10.5 Å². The van der Waals surface area contributed by atoms with Crippen molar-refractivity contribution >= 4 is 28.9 Å². The predicted octanol–water partition coefficient (Wildman–Crippen LogP) is 3.16. The molecule has 18 heavy (non-hydrogen) atoms. The quantitative estimate of drug-likeness (QED) is 0.863. The molecular weight excluding hydrogens is 250 g/mol. The number of carbonyl (C=O) groups is 2.